The minimum Gasteiger partial charge on any atom is -0.480 e. The molecule has 1 unspecified atom stereocenters. The van der Waals surface area contributed by atoms with E-state index in [-0.39, 0.29) is 23.6 Å². The standard InChI is InChI=1S/C18H19N3O6S/c19-16(22)11-10-15(18(24)25)21-28(26,27)14-8-6-13(7-9-14)20-17(23)12-4-2-1-3-5-12/h1-9,15,21H,10-11H2,(H2,19,22)(H,20,23)(H,24,25). The highest BCUT2D eigenvalue weighted by Gasteiger charge is 2.25. The maximum Gasteiger partial charge on any atom is 0.321 e. The number of hydrogen-bond donors (Lipinski definition) is 4. The normalized spacial score (nSPS) is 12.1. The van der Waals surface area contributed by atoms with E-state index >= 15 is 0 Å². The molecule has 0 saturated heterocycles. The number of amides is 2. The third kappa shape index (κ3) is 5.89. The molecule has 0 fully saturated rings. The van der Waals surface area contributed by atoms with Crippen LogP contribution in [-0.4, -0.2) is 37.3 Å². The molecule has 28 heavy (non-hydrogen) atoms. The van der Waals surface area contributed by atoms with E-state index in [0.717, 1.165) is 0 Å². The fourth-order valence-corrected chi connectivity index (χ4v) is 3.51. The predicted octanol–water partition coefficient (Wildman–Crippen LogP) is 0.936. The van der Waals surface area contributed by atoms with Crippen molar-refractivity contribution in [3.05, 3.63) is 60.2 Å². The summed E-state index contributed by atoms with van der Waals surface area (Å²) in [6.45, 7) is 0. The molecule has 9 nitrogen and oxygen atoms in total. The van der Waals surface area contributed by atoms with Crippen LogP contribution in [0.1, 0.15) is 23.2 Å². The van der Waals surface area contributed by atoms with Crippen molar-refractivity contribution in [1.29, 1.82) is 0 Å². The molecule has 148 valence electrons. The first-order valence-corrected chi connectivity index (χ1v) is 9.67. The van der Waals surface area contributed by atoms with Crippen LogP contribution >= 0.6 is 0 Å². The Kier molecular flexibility index (Phi) is 6.85. The van der Waals surface area contributed by atoms with Crippen molar-refractivity contribution in [3.8, 4) is 0 Å². The van der Waals surface area contributed by atoms with Gasteiger partial charge in [0.05, 0.1) is 4.90 Å². The van der Waals surface area contributed by atoms with Crippen molar-refractivity contribution in [2.24, 2.45) is 5.73 Å². The van der Waals surface area contributed by atoms with E-state index in [1.165, 1.54) is 24.3 Å². The molecule has 2 amide bonds. The molecule has 2 aromatic rings. The fraction of sp³-hybridized carbons (Fsp3) is 0.167. The van der Waals surface area contributed by atoms with Gasteiger partial charge in [0.1, 0.15) is 6.04 Å². The number of benzene rings is 2. The molecule has 0 radical (unpaired) electrons. The summed E-state index contributed by atoms with van der Waals surface area (Å²) in [7, 11) is -4.15. The zero-order valence-electron chi connectivity index (χ0n) is 14.7. The Hall–Kier alpha value is -3.24. The van der Waals surface area contributed by atoms with Crippen LogP contribution < -0.4 is 15.8 Å². The number of anilines is 1. The smallest absolute Gasteiger partial charge is 0.321 e. The highest BCUT2D eigenvalue weighted by Crippen LogP contribution is 2.16. The summed E-state index contributed by atoms with van der Waals surface area (Å²) in [4.78, 5) is 33.9. The summed E-state index contributed by atoms with van der Waals surface area (Å²) < 4.78 is 26.8. The monoisotopic (exact) mass is 405 g/mol. The van der Waals surface area contributed by atoms with E-state index in [1.54, 1.807) is 30.3 Å². The van der Waals surface area contributed by atoms with Gasteiger partial charge in [-0.05, 0) is 42.8 Å². The number of sulfonamides is 1. The topological polar surface area (TPSA) is 156 Å². The Bertz CT molecular complexity index is 959. The number of hydrogen-bond acceptors (Lipinski definition) is 5. The molecule has 0 aliphatic heterocycles. The van der Waals surface area contributed by atoms with E-state index in [9.17, 15) is 22.8 Å². The highest BCUT2D eigenvalue weighted by atomic mass is 32.2. The van der Waals surface area contributed by atoms with Gasteiger partial charge in [-0.2, -0.15) is 4.72 Å². The zero-order chi connectivity index (χ0) is 20.7. The second kappa shape index (κ2) is 9.11. The largest absolute Gasteiger partial charge is 0.480 e. The zero-order valence-corrected chi connectivity index (χ0v) is 15.5. The molecule has 0 aliphatic carbocycles. The summed E-state index contributed by atoms with van der Waals surface area (Å²) in [5.41, 5.74) is 5.79. The van der Waals surface area contributed by atoms with Gasteiger partial charge in [-0.1, -0.05) is 18.2 Å². The SMILES string of the molecule is NC(=O)CCC(NS(=O)(=O)c1ccc(NC(=O)c2ccccc2)cc1)C(=O)O. The molecule has 0 aromatic heterocycles. The molecule has 5 N–H and O–H groups in total. The average Bonchev–Trinajstić information content (AvgIpc) is 2.66. The van der Waals surface area contributed by atoms with E-state index in [1.807, 2.05) is 4.72 Å². The van der Waals surface area contributed by atoms with Crippen molar-refractivity contribution in [2.45, 2.75) is 23.8 Å². The number of rotatable bonds is 9. The van der Waals surface area contributed by atoms with Gasteiger partial charge in [0, 0.05) is 17.7 Å². The second-order valence-corrected chi connectivity index (χ2v) is 7.58. The van der Waals surface area contributed by atoms with Gasteiger partial charge < -0.3 is 16.2 Å². The van der Waals surface area contributed by atoms with Crippen molar-refractivity contribution < 1.29 is 27.9 Å². The third-order valence-electron chi connectivity index (χ3n) is 3.73. The molecule has 0 aliphatic rings. The fourth-order valence-electron chi connectivity index (χ4n) is 2.28. The maximum atomic E-state index is 12.4. The molecular weight excluding hydrogens is 386 g/mol. The third-order valence-corrected chi connectivity index (χ3v) is 5.22. The number of primary amides is 1. The Morgan fingerprint density at radius 2 is 1.61 bits per heavy atom. The number of carbonyl (C=O) groups is 3. The molecule has 0 spiro atoms. The molecule has 2 rings (SSSR count). The van der Waals surface area contributed by atoms with Crippen molar-refractivity contribution in [1.82, 2.24) is 4.72 Å². The van der Waals surface area contributed by atoms with Gasteiger partial charge in [-0.15, -0.1) is 0 Å². The van der Waals surface area contributed by atoms with Crippen LogP contribution in [0.5, 0.6) is 0 Å². The van der Waals surface area contributed by atoms with E-state index in [4.69, 9.17) is 10.8 Å². The summed E-state index contributed by atoms with van der Waals surface area (Å²) in [6, 6.07) is 12.2. The minimum absolute atomic E-state index is 0.185. The first-order chi connectivity index (χ1) is 13.2. The van der Waals surface area contributed by atoms with E-state index < -0.39 is 27.9 Å². The minimum atomic E-state index is -4.15. The van der Waals surface area contributed by atoms with Gasteiger partial charge in [-0.25, -0.2) is 8.42 Å². The van der Waals surface area contributed by atoms with Crippen LogP contribution in [0.25, 0.3) is 0 Å². The van der Waals surface area contributed by atoms with Gasteiger partial charge >= 0.3 is 5.97 Å². The summed E-state index contributed by atoms with van der Waals surface area (Å²) in [5.74, 6) is -2.51. The molecule has 1 atom stereocenters. The number of nitrogens with two attached hydrogens (primary N) is 1. The molecular formula is C18H19N3O6S. The Labute approximate surface area is 161 Å². The summed E-state index contributed by atoms with van der Waals surface area (Å²) in [5, 5.41) is 11.8. The van der Waals surface area contributed by atoms with Crippen LogP contribution in [0.3, 0.4) is 0 Å². The van der Waals surface area contributed by atoms with Gasteiger partial charge in [0.25, 0.3) is 5.91 Å². The van der Waals surface area contributed by atoms with Gasteiger partial charge in [0.2, 0.25) is 15.9 Å². The lowest BCUT2D eigenvalue weighted by Crippen LogP contribution is -2.41. The van der Waals surface area contributed by atoms with Gasteiger partial charge in [0.15, 0.2) is 0 Å². The van der Waals surface area contributed by atoms with Crippen molar-refractivity contribution in [2.75, 3.05) is 5.32 Å². The van der Waals surface area contributed by atoms with Crippen LogP contribution in [-0.2, 0) is 19.6 Å². The Morgan fingerprint density at radius 3 is 2.14 bits per heavy atom. The lowest BCUT2D eigenvalue weighted by Gasteiger charge is -2.14. The van der Waals surface area contributed by atoms with E-state index in [2.05, 4.69) is 5.32 Å². The molecule has 0 heterocycles. The molecule has 0 bridgehead atoms. The summed E-state index contributed by atoms with van der Waals surface area (Å²) >= 11 is 0. The predicted molar refractivity (Wildman–Crippen MR) is 101 cm³/mol. The first kappa shape index (κ1) is 21.1. The number of carboxylic acid groups (broad SMARTS) is 1. The average molecular weight is 405 g/mol. The summed E-state index contributed by atoms with van der Waals surface area (Å²) in [6.07, 6.45) is -0.543. The van der Waals surface area contributed by atoms with Crippen LogP contribution in [0.4, 0.5) is 5.69 Å². The number of carbonyl (C=O) groups excluding carboxylic acids is 2. The lowest BCUT2D eigenvalue weighted by atomic mass is 10.2. The molecule has 2 aromatic carbocycles. The first-order valence-electron chi connectivity index (χ1n) is 8.19. The molecule has 0 saturated carbocycles. The second-order valence-electron chi connectivity index (χ2n) is 5.86. The lowest BCUT2D eigenvalue weighted by molar-refractivity contribution is -0.139. The highest BCUT2D eigenvalue weighted by molar-refractivity contribution is 7.89. The number of carboxylic acids is 1. The van der Waals surface area contributed by atoms with Crippen LogP contribution in [0.2, 0.25) is 0 Å². The van der Waals surface area contributed by atoms with E-state index in [0.29, 0.717) is 11.3 Å². The van der Waals surface area contributed by atoms with Gasteiger partial charge in [-0.3, -0.25) is 14.4 Å². The van der Waals surface area contributed by atoms with Crippen molar-refractivity contribution >= 4 is 33.5 Å². The van der Waals surface area contributed by atoms with Crippen LogP contribution in [0, 0.1) is 0 Å². The number of aliphatic carboxylic acids is 1. The quantitative estimate of drug-likeness (QED) is 0.486. The number of nitrogens with one attached hydrogen (secondary N) is 2. The maximum absolute atomic E-state index is 12.4. The van der Waals surface area contributed by atoms with Crippen LogP contribution in [0.15, 0.2) is 59.5 Å². The Balaban J connectivity index is 2.09. The Morgan fingerprint density at radius 1 is 1.00 bits per heavy atom. The molecule has 10 heteroatoms. The van der Waals surface area contributed by atoms with Crippen molar-refractivity contribution in [3.63, 3.8) is 0 Å².